The summed E-state index contributed by atoms with van der Waals surface area (Å²) >= 11 is 0. The molecule has 0 fully saturated rings. The first kappa shape index (κ1) is 13.5. The predicted molar refractivity (Wildman–Crippen MR) is 55.3 cm³/mol. The van der Waals surface area contributed by atoms with Crippen molar-refractivity contribution in [3.8, 4) is 5.75 Å². The molecular formula is C11H12F3NO2. The summed E-state index contributed by atoms with van der Waals surface area (Å²) in [6.07, 6.45) is -0.600. The highest BCUT2D eigenvalue weighted by Crippen LogP contribution is 2.23. The van der Waals surface area contributed by atoms with Gasteiger partial charge in [-0.1, -0.05) is 0 Å². The molecule has 0 saturated heterocycles. The molecule has 0 aliphatic carbocycles. The molecule has 0 saturated carbocycles. The van der Waals surface area contributed by atoms with E-state index < -0.39 is 47.4 Å². The predicted octanol–water partition coefficient (Wildman–Crippen LogP) is 1.47. The fourth-order valence-corrected chi connectivity index (χ4v) is 1.34. The Bertz CT molecular complexity index is 427. The lowest BCUT2D eigenvalue weighted by atomic mass is 9.89. The van der Waals surface area contributed by atoms with E-state index in [-0.39, 0.29) is 0 Å². The van der Waals surface area contributed by atoms with E-state index in [0.717, 1.165) is 6.92 Å². The van der Waals surface area contributed by atoms with Crippen LogP contribution in [0.25, 0.3) is 0 Å². The van der Waals surface area contributed by atoms with Crippen molar-refractivity contribution in [2.24, 2.45) is 5.73 Å². The van der Waals surface area contributed by atoms with Crippen LogP contribution < -0.4 is 5.73 Å². The van der Waals surface area contributed by atoms with Gasteiger partial charge in [-0.15, -0.1) is 0 Å². The average molecular weight is 247 g/mol. The molecule has 1 rings (SSSR count). The zero-order chi connectivity index (χ0) is 13.2. The summed E-state index contributed by atoms with van der Waals surface area (Å²) in [6.45, 7) is -0.169. The minimum absolute atomic E-state index is 0.516. The maximum absolute atomic E-state index is 13.4. The van der Waals surface area contributed by atoms with Crippen LogP contribution in [-0.2, 0) is 11.2 Å². The van der Waals surface area contributed by atoms with Crippen LogP contribution in [0.4, 0.5) is 13.2 Å². The highest BCUT2D eigenvalue weighted by atomic mass is 19.1. The molecule has 0 bridgehead atoms. The van der Waals surface area contributed by atoms with Crippen LogP contribution in [0.15, 0.2) is 12.1 Å². The first-order valence-corrected chi connectivity index (χ1v) is 4.83. The van der Waals surface area contributed by atoms with E-state index in [2.05, 4.69) is 0 Å². The molecule has 0 aliphatic rings. The summed E-state index contributed by atoms with van der Waals surface area (Å²) in [5.74, 6) is -3.42. The summed E-state index contributed by atoms with van der Waals surface area (Å²) in [5.41, 5.74) is 2.97. The standard InChI is InChI=1S/C11H12F3NO2/c1-6(16)11(15,5-12)4-8-9(13)2-7(17)3-10(8)14/h2-3,17H,4-5,15H2,1H3. The van der Waals surface area contributed by atoms with Crippen LogP contribution >= 0.6 is 0 Å². The van der Waals surface area contributed by atoms with Gasteiger partial charge in [-0.2, -0.15) is 0 Å². The largest absolute Gasteiger partial charge is 0.508 e. The third-order valence-corrected chi connectivity index (χ3v) is 2.56. The molecular weight excluding hydrogens is 235 g/mol. The molecule has 1 aromatic rings. The Labute approximate surface area is 96.0 Å². The second-order valence-corrected chi connectivity index (χ2v) is 3.91. The quantitative estimate of drug-likeness (QED) is 0.846. The number of alkyl halides is 1. The lowest BCUT2D eigenvalue weighted by Gasteiger charge is -2.23. The van der Waals surface area contributed by atoms with Crippen molar-refractivity contribution in [3.63, 3.8) is 0 Å². The van der Waals surface area contributed by atoms with E-state index in [1.54, 1.807) is 0 Å². The number of carbonyl (C=O) groups excluding carboxylic acids is 1. The van der Waals surface area contributed by atoms with Gasteiger partial charge >= 0.3 is 0 Å². The number of benzene rings is 1. The molecule has 0 aromatic heterocycles. The fraction of sp³-hybridized carbons (Fsp3) is 0.364. The summed E-state index contributed by atoms with van der Waals surface area (Å²) in [5, 5.41) is 8.93. The second-order valence-electron chi connectivity index (χ2n) is 3.91. The van der Waals surface area contributed by atoms with Gasteiger partial charge in [0.1, 0.15) is 29.6 Å². The Morgan fingerprint density at radius 3 is 2.24 bits per heavy atom. The number of phenols is 1. The Morgan fingerprint density at radius 1 is 1.41 bits per heavy atom. The van der Waals surface area contributed by atoms with Crippen LogP contribution in [0.5, 0.6) is 5.75 Å². The minimum Gasteiger partial charge on any atom is -0.508 e. The van der Waals surface area contributed by atoms with Crippen molar-refractivity contribution >= 4 is 5.78 Å². The third-order valence-electron chi connectivity index (χ3n) is 2.56. The second kappa shape index (κ2) is 4.75. The zero-order valence-electron chi connectivity index (χ0n) is 9.14. The lowest BCUT2D eigenvalue weighted by molar-refractivity contribution is -0.122. The number of ketones is 1. The normalized spacial score (nSPS) is 14.4. The smallest absolute Gasteiger partial charge is 0.152 e. The molecule has 0 spiro atoms. The molecule has 1 atom stereocenters. The van der Waals surface area contributed by atoms with E-state index in [1.165, 1.54) is 0 Å². The number of hydrogen-bond acceptors (Lipinski definition) is 3. The Kier molecular flexibility index (Phi) is 3.77. The third kappa shape index (κ3) is 2.76. The first-order valence-electron chi connectivity index (χ1n) is 4.83. The molecule has 1 unspecified atom stereocenters. The molecule has 0 heterocycles. The Morgan fingerprint density at radius 2 is 1.88 bits per heavy atom. The van der Waals surface area contributed by atoms with Gasteiger partial charge < -0.3 is 10.8 Å². The summed E-state index contributed by atoms with van der Waals surface area (Å²) < 4.78 is 39.4. The van der Waals surface area contributed by atoms with E-state index in [4.69, 9.17) is 10.8 Å². The number of halogens is 3. The molecule has 3 nitrogen and oxygen atoms in total. The van der Waals surface area contributed by atoms with Gasteiger partial charge in [-0.3, -0.25) is 4.79 Å². The fourth-order valence-electron chi connectivity index (χ4n) is 1.34. The van der Waals surface area contributed by atoms with E-state index >= 15 is 0 Å². The molecule has 0 amide bonds. The maximum atomic E-state index is 13.4. The summed E-state index contributed by atoms with van der Waals surface area (Å²) in [7, 11) is 0. The number of rotatable bonds is 4. The topological polar surface area (TPSA) is 63.3 Å². The number of carbonyl (C=O) groups is 1. The number of nitrogens with two attached hydrogens (primary N) is 1. The molecule has 0 aliphatic heterocycles. The van der Waals surface area contributed by atoms with E-state index in [0.29, 0.717) is 12.1 Å². The molecule has 17 heavy (non-hydrogen) atoms. The molecule has 0 radical (unpaired) electrons. The number of hydrogen-bond donors (Lipinski definition) is 2. The molecule has 6 heteroatoms. The van der Waals surface area contributed by atoms with Crippen molar-refractivity contribution in [3.05, 3.63) is 29.3 Å². The van der Waals surface area contributed by atoms with Gasteiger partial charge in [0, 0.05) is 24.1 Å². The molecule has 3 N–H and O–H groups in total. The van der Waals surface area contributed by atoms with Crippen LogP contribution in [0, 0.1) is 11.6 Å². The highest BCUT2D eigenvalue weighted by Gasteiger charge is 2.33. The van der Waals surface area contributed by atoms with Crippen LogP contribution in [0.1, 0.15) is 12.5 Å². The summed E-state index contributed by atoms with van der Waals surface area (Å²) in [4.78, 5) is 11.1. The van der Waals surface area contributed by atoms with Gasteiger partial charge in [0.05, 0.1) is 0 Å². The summed E-state index contributed by atoms with van der Waals surface area (Å²) in [6, 6.07) is 1.36. The zero-order valence-corrected chi connectivity index (χ0v) is 9.14. The van der Waals surface area contributed by atoms with Crippen molar-refractivity contribution < 1.29 is 23.1 Å². The van der Waals surface area contributed by atoms with Crippen molar-refractivity contribution in [1.29, 1.82) is 0 Å². The van der Waals surface area contributed by atoms with Gasteiger partial charge in [-0.25, -0.2) is 13.2 Å². The van der Waals surface area contributed by atoms with Gasteiger partial charge in [0.2, 0.25) is 0 Å². The van der Waals surface area contributed by atoms with E-state index in [1.807, 2.05) is 0 Å². The SMILES string of the molecule is CC(=O)C(N)(CF)Cc1c(F)cc(O)cc1F. The monoisotopic (exact) mass is 247 g/mol. The van der Waals surface area contributed by atoms with Gasteiger partial charge in [0.25, 0.3) is 0 Å². The average Bonchev–Trinajstić information content (AvgIpc) is 2.22. The van der Waals surface area contributed by atoms with Crippen molar-refractivity contribution in [2.45, 2.75) is 18.9 Å². The lowest BCUT2D eigenvalue weighted by Crippen LogP contribution is -2.51. The van der Waals surface area contributed by atoms with Crippen molar-refractivity contribution in [1.82, 2.24) is 0 Å². The van der Waals surface area contributed by atoms with Crippen LogP contribution in [0.3, 0.4) is 0 Å². The number of Topliss-reactive ketones (excluding diaryl/α,β-unsaturated/α-hetero) is 1. The maximum Gasteiger partial charge on any atom is 0.152 e. The Balaban J connectivity index is 3.15. The van der Waals surface area contributed by atoms with Crippen LogP contribution in [-0.4, -0.2) is 23.1 Å². The molecule has 1 aromatic carbocycles. The highest BCUT2D eigenvalue weighted by molar-refractivity contribution is 5.86. The van der Waals surface area contributed by atoms with E-state index in [9.17, 15) is 18.0 Å². The first-order chi connectivity index (χ1) is 7.80. The van der Waals surface area contributed by atoms with Crippen LogP contribution in [0.2, 0.25) is 0 Å². The minimum atomic E-state index is -1.95. The van der Waals surface area contributed by atoms with Crippen molar-refractivity contribution in [2.75, 3.05) is 6.67 Å². The van der Waals surface area contributed by atoms with Gasteiger partial charge in [0.15, 0.2) is 5.78 Å². The number of phenolic OH excluding ortho intramolecular Hbond substituents is 1. The molecule has 94 valence electrons. The Hall–Kier alpha value is -1.56. The van der Waals surface area contributed by atoms with Gasteiger partial charge in [-0.05, 0) is 6.92 Å². The number of aromatic hydroxyl groups is 1.